The molecule has 0 aliphatic carbocycles. The van der Waals surface area contributed by atoms with E-state index in [2.05, 4.69) is 32.8 Å². The van der Waals surface area contributed by atoms with Crippen LogP contribution in [0.1, 0.15) is 35.7 Å². The van der Waals surface area contributed by atoms with Gasteiger partial charge in [-0.1, -0.05) is 19.1 Å². The highest BCUT2D eigenvalue weighted by Gasteiger charge is 2.28. The zero-order valence-electron chi connectivity index (χ0n) is 14.5. The van der Waals surface area contributed by atoms with Gasteiger partial charge in [0.25, 0.3) is 0 Å². The maximum absolute atomic E-state index is 5.47. The molecule has 4 rings (SSSR count). The molecule has 1 unspecified atom stereocenters. The van der Waals surface area contributed by atoms with Crippen molar-refractivity contribution in [1.29, 1.82) is 0 Å². The molecule has 0 radical (unpaired) electrons. The third kappa shape index (κ3) is 3.07. The second-order valence-electron chi connectivity index (χ2n) is 6.24. The maximum Gasteiger partial charge on any atom is 0.129 e. The molecule has 2 aromatic heterocycles. The summed E-state index contributed by atoms with van der Waals surface area (Å²) in [6, 6.07) is 8.43. The first-order valence-corrected chi connectivity index (χ1v) is 9.46. The monoisotopic (exact) mass is 354 g/mol. The van der Waals surface area contributed by atoms with Crippen LogP contribution in [-0.4, -0.2) is 33.5 Å². The number of aromatic amines is 1. The largest absolute Gasteiger partial charge is 0.496 e. The summed E-state index contributed by atoms with van der Waals surface area (Å²) in [5.41, 5.74) is 3.56. The summed E-state index contributed by atoms with van der Waals surface area (Å²) in [5.74, 6) is 0.869. The van der Waals surface area contributed by atoms with E-state index in [4.69, 9.17) is 4.74 Å². The molecule has 0 amide bonds. The first-order chi connectivity index (χ1) is 12.3. The molecule has 0 spiro atoms. The molecule has 0 fully saturated rings. The number of nitrogens with one attached hydrogen (secondary N) is 1. The van der Waals surface area contributed by atoms with E-state index >= 15 is 0 Å². The number of methoxy groups -OCH3 is 1. The van der Waals surface area contributed by atoms with Crippen LogP contribution in [-0.2, 0) is 13.0 Å². The first kappa shape index (κ1) is 16.3. The standard InChI is InChI=1S/C19H22N4OS/c1-3-16-18-15(21-12-22-18)8-9-23(16)11-13-10-20-19(25-13)14-6-4-5-7-17(14)24-2/h4-7,10,12,16H,3,8-9,11H2,1-2H3,(H,21,22). The number of imidazole rings is 1. The van der Waals surface area contributed by atoms with Gasteiger partial charge in [-0.05, 0) is 18.6 Å². The maximum atomic E-state index is 5.47. The van der Waals surface area contributed by atoms with Crippen molar-refractivity contribution in [3.63, 3.8) is 0 Å². The first-order valence-electron chi connectivity index (χ1n) is 8.64. The minimum atomic E-state index is 0.381. The Morgan fingerprint density at radius 1 is 1.32 bits per heavy atom. The van der Waals surface area contributed by atoms with E-state index in [1.165, 1.54) is 16.3 Å². The molecule has 1 aliphatic heterocycles. The second kappa shape index (κ2) is 6.98. The van der Waals surface area contributed by atoms with Gasteiger partial charge in [0.1, 0.15) is 10.8 Å². The molecule has 3 aromatic rings. The number of thiazole rings is 1. The minimum Gasteiger partial charge on any atom is -0.496 e. The summed E-state index contributed by atoms with van der Waals surface area (Å²) < 4.78 is 5.47. The van der Waals surface area contributed by atoms with Crippen molar-refractivity contribution >= 4 is 11.3 Å². The molecule has 1 aromatic carbocycles. The van der Waals surface area contributed by atoms with Crippen molar-refractivity contribution in [2.24, 2.45) is 0 Å². The Kier molecular flexibility index (Phi) is 4.55. The Morgan fingerprint density at radius 3 is 3.04 bits per heavy atom. The number of hydrogen-bond donors (Lipinski definition) is 1. The van der Waals surface area contributed by atoms with Crippen LogP contribution in [0.2, 0.25) is 0 Å². The summed E-state index contributed by atoms with van der Waals surface area (Å²) in [4.78, 5) is 16.3. The van der Waals surface area contributed by atoms with Crippen LogP contribution in [0, 0.1) is 0 Å². The van der Waals surface area contributed by atoms with Gasteiger partial charge in [0.2, 0.25) is 0 Å². The van der Waals surface area contributed by atoms with Gasteiger partial charge < -0.3 is 9.72 Å². The number of H-pyrrole nitrogens is 1. The van der Waals surface area contributed by atoms with E-state index in [0.29, 0.717) is 6.04 Å². The molecule has 1 atom stereocenters. The zero-order chi connectivity index (χ0) is 17.2. The van der Waals surface area contributed by atoms with Gasteiger partial charge in [-0.2, -0.15) is 0 Å². The Hall–Kier alpha value is -2.18. The van der Waals surface area contributed by atoms with Gasteiger partial charge in [0.15, 0.2) is 0 Å². The fourth-order valence-corrected chi connectivity index (χ4v) is 4.54. The molecular weight excluding hydrogens is 332 g/mol. The number of rotatable bonds is 5. The third-order valence-electron chi connectivity index (χ3n) is 4.79. The highest BCUT2D eigenvalue weighted by molar-refractivity contribution is 7.15. The summed E-state index contributed by atoms with van der Waals surface area (Å²) in [5, 5.41) is 1.01. The molecule has 6 heteroatoms. The quantitative estimate of drug-likeness (QED) is 0.751. The average molecular weight is 354 g/mol. The lowest BCUT2D eigenvalue weighted by Gasteiger charge is -2.33. The Labute approximate surface area is 151 Å². The topological polar surface area (TPSA) is 54.0 Å². The van der Waals surface area contributed by atoms with Crippen LogP contribution in [0.25, 0.3) is 10.6 Å². The zero-order valence-corrected chi connectivity index (χ0v) is 15.3. The van der Waals surface area contributed by atoms with E-state index in [1.807, 2.05) is 30.7 Å². The summed E-state index contributed by atoms with van der Waals surface area (Å²) in [6.45, 7) is 4.20. The predicted octanol–water partition coefficient (Wildman–Crippen LogP) is 4.05. The number of hydrogen-bond acceptors (Lipinski definition) is 5. The number of para-hydroxylation sites is 1. The van der Waals surface area contributed by atoms with Crippen LogP contribution >= 0.6 is 11.3 Å². The summed E-state index contributed by atoms with van der Waals surface area (Å²) in [6.07, 6.45) is 5.92. The molecule has 0 saturated heterocycles. The molecule has 1 aliphatic rings. The van der Waals surface area contributed by atoms with Gasteiger partial charge in [-0.3, -0.25) is 4.90 Å². The van der Waals surface area contributed by atoms with Crippen LogP contribution < -0.4 is 4.74 Å². The predicted molar refractivity (Wildman–Crippen MR) is 99.8 cm³/mol. The fourth-order valence-electron chi connectivity index (χ4n) is 3.57. The van der Waals surface area contributed by atoms with Crippen molar-refractivity contribution in [2.45, 2.75) is 32.4 Å². The Morgan fingerprint density at radius 2 is 2.20 bits per heavy atom. The number of nitrogens with zero attached hydrogens (tertiary/aromatic N) is 3. The highest BCUT2D eigenvalue weighted by Crippen LogP contribution is 2.35. The van der Waals surface area contributed by atoms with E-state index in [1.54, 1.807) is 18.4 Å². The number of aromatic nitrogens is 3. The average Bonchev–Trinajstić information content (AvgIpc) is 3.31. The van der Waals surface area contributed by atoms with Gasteiger partial charge in [0.05, 0.1) is 30.7 Å². The molecule has 3 heterocycles. The van der Waals surface area contributed by atoms with E-state index in [-0.39, 0.29) is 0 Å². The number of benzene rings is 1. The van der Waals surface area contributed by atoms with E-state index in [9.17, 15) is 0 Å². The molecule has 0 saturated carbocycles. The lowest BCUT2D eigenvalue weighted by atomic mass is 10.0. The van der Waals surface area contributed by atoms with Crippen molar-refractivity contribution in [3.8, 4) is 16.3 Å². The van der Waals surface area contributed by atoms with Crippen LogP contribution in [0.5, 0.6) is 5.75 Å². The smallest absolute Gasteiger partial charge is 0.129 e. The van der Waals surface area contributed by atoms with Crippen LogP contribution in [0.15, 0.2) is 36.8 Å². The summed E-state index contributed by atoms with van der Waals surface area (Å²) >= 11 is 1.74. The molecule has 1 N–H and O–H groups in total. The number of ether oxygens (including phenoxy) is 1. The highest BCUT2D eigenvalue weighted by atomic mass is 32.1. The lowest BCUT2D eigenvalue weighted by Crippen LogP contribution is -2.34. The van der Waals surface area contributed by atoms with Gasteiger partial charge in [-0.25, -0.2) is 9.97 Å². The SMILES string of the molecule is CCC1c2nc[nH]c2CCN1Cc1cnc(-c2ccccc2OC)s1. The van der Waals surface area contributed by atoms with Crippen LogP contribution in [0.4, 0.5) is 0 Å². The van der Waals surface area contributed by atoms with Crippen LogP contribution in [0.3, 0.4) is 0 Å². The Bertz CT molecular complexity index is 856. The van der Waals surface area contributed by atoms with Crippen molar-refractivity contribution in [3.05, 3.63) is 53.1 Å². The Balaban J connectivity index is 1.55. The molecule has 130 valence electrons. The minimum absolute atomic E-state index is 0.381. The van der Waals surface area contributed by atoms with E-state index < -0.39 is 0 Å². The van der Waals surface area contributed by atoms with Gasteiger partial charge in [-0.15, -0.1) is 11.3 Å². The normalized spacial score (nSPS) is 17.4. The van der Waals surface area contributed by atoms with Crippen molar-refractivity contribution in [1.82, 2.24) is 19.9 Å². The summed E-state index contributed by atoms with van der Waals surface area (Å²) in [7, 11) is 1.70. The van der Waals surface area contributed by atoms with E-state index in [0.717, 1.165) is 42.3 Å². The fraction of sp³-hybridized carbons (Fsp3) is 0.368. The second-order valence-corrected chi connectivity index (χ2v) is 7.36. The van der Waals surface area contributed by atoms with Gasteiger partial charge in [0, 0.05) is 36.3 Å². The molecular formula is C19H22N4OS. The molecule has 0 bridgehead atoms. The van der Waals surface area contributed by atoms with Crippen molar-refractivity contribution in [2.75, 3.05) is 13.7 Å². The third-order valence-corrected chi connectivity index (χ3v) is 5.81. The molecule has 25 heavy (non-hydrogen) atoms. The van der Waals surface area contributed by atoms with Crippen molar-refractivity contribution < 1.29 is 4.74 Å². The van der Waals surface area contributed by atoms with Gasteiger partial charge >= 0.3 is 0 Å². The number of fused-ring (bicyclic) bond motifs is 1. The molecule has 5 nitrogen and oxygen atoms in total. The lowest BCUT2D eigenvalue weighted by molar-refractivity contribution is 0.168.